The van der Waals surface area contributed by atoms with Crippen molar-refractivity contribution < 1.29 is 9.59 Å². The van der Waals surface area contributed by atoms with Crippen molar-refractivity contribution in [3.63, 3.8) is 0 Å². The number of amides is 2. The molecule has 0 fully saturated rings. The maximum atomic E-state index is 13.6. The summed E-state index contributed by atoms with van der Waals surface area (Å²) in [5.74, 6) is -0.747. The van der Waals surface area contributed by atoms with Gasteiger partial charge in [-0.3, -0.25) is 14.3 Å². The van der Waals surface area contributed by atoms with Gasteiger partial charge in [-0.25, -0.2) is 4.98 Å². The highest BCUT2D eigenvalue weighted by atomic mass is 35.5. The SMILES string of the molecule is CCn1ncc(CN(C)C(=O)c2cc(-c3ccccc3C(N)=O)nc3ccc(Cl)cc23)c1C. The van der Waals surface area contributed by atoms with Crippen LogP contribution in [-0.2, 0) is 13.1 Å². The molecule has 0 saturated heterocycles. The Labute approximate surface area is 196 Å². The normalized spacial score (nSPS) is 11.0. The number of fused-ring (bicyclic) bond motifs is 1. The Morgan fingerprint density at radius 2 is 1.88 bits per heavy atom. The third-order valence-electron chi connectivity index (χ3n) is 5.73. The fourth-order valence-corrected chi connectivity index (χ4v) is 4.10. The summed E-state index contributed by atoms with van der Waals surface area (Å²) < 4.78 is 1.90. The number of hydrogen-bond donors (Lipinski definition) is 1. The van der Waals surface area contributed by atoms with Crippen LogP contribution in [0.15, 0.2) is 54.7 Å². The van der Waals surface area contributed by atoms with Gasteiger partial charge < -0.3 is 10.6 Å². The van der Waals surface area contributed by atoms with Crippen LogP contribution in [0.3, 0.4) is 0 Å². The minimum Gasteiger partial charge on any atom is -0.366 e. The first-order chi connectivity index (χ1) is 15.8. The molecule has 2 N–H and O–H groups in total. The molecule has 2 aromatic heterocycles. The van der Waals surface area contributed by atoms with Gasteiger partial charge in [0.1, 0.15) is 0 Å². The van der Waals surface area contributed by atoms with Crippen molar-refractivity contribution in [2.24, 2.45) is 5.73 Å². The van der Waals surface area contributed by atoms with Crippen LogP contribution in [-0.4, -0.2) is 38.5 Å². The van der Waals surface area contributed by atoms with Crippen LogP contribution in [0, 0.1) is 6.92 Å². The number of aryl methyl sites for hydroxylation is 1. The minimum absolute atomic E-state index is 0.189. The average Bonchev–Trinajstić information content (AvgIpc) is 3.16. The van der Waals surface area contributed by atoms with Gasteiger partial charge >= 0.3 is 0 Å². The number of pyridine rings is 1. The van der Waals surface area contributed by atoms with E-state index in [-0.39, 0.29) is 5.91 Å². The van der Waals surface area contributed by atoms with Crippen molar-refractivity contribution >= 4 is 34.3 Å². The maximum absolute atomic E-state index is 13.6. The Morgan fingerprint density at radius 1 is 1.12 bits per heavy atom. The molecule has 0 atom stereocenters. The largest absolute Gasteiger partial charge is 0.366 e. The average molecular weight is 462 g/mol. The molecule has 33 heavy (non-hydrogen) atoms. The summed E-state index contributed by atoms with van der Waals surface area (Å²) in [5.41, 5.74) is 10.0. The van der Waals surface area contributed by atoms with E-state index >= 15 is 0 Å². The number of halogens is 1. The fraction of sp³-hybridized carbons (Fsp3) is 0.200. The van der Waals surface area contributed by atoms with Crippen LogP contribution < -0.4 is 5.73 Å². The van der Waals surface area contributed by atoms with E-state index in [0.29, 0.717) is 44.9 Å². The molecule has 0 aliphatic carbocycles. The zero-order valence-corrected chi connectivity index (χ0v) is 19.4. The first kappa shape index (κ1) is 22.5. The number of rotatable bonds is 6. The Morgan fingerprint density at radius 3 is 2.58 bits per heavy atom. The number of nitrogens with two attached hydrogens (primary N) is 1. The highest BCUT2D eigenvalue weighted by Gasteiger charge is 2.21. The summed E-state index contributed by atoms with van der Waals surface area (Å²) in [6.45, 7) is 5.18. The molecule has 4 rings (SSSR count). The van der Waals surface area contributed by atoms with Gasteiger partial charge in [-0.15, -0.1) is 0 Å². The second-order valence-corrected chi connectivity index (χ2v) is 8.29. The molecule has 0 unspecified atom stereocenters. The second-order valence-electron chi connectivity index (χ2n) is 7.86. The Bertz CT molecular complexity index is 1380. The van der Waals surface area contributed by atoms with Crippen molar-refractivity contribution in [2.45, 2.75) is 26.9 Å². The number of benzene rings is 2. The molecule has 2 aromatic carbocycles. The molecular weight excluding hydrogens is 438 g/mol. The lowest BCUT2D eigenvalue weighted by Gasteiger charge is -2.19. The summed E-state index contributed by atoms with van der Waals surface area (Å²) in [6, 6.07) is 13.9. The molecule has 4 aromatic rings. The summed E-state index contributed by atoms with van der Waals surface area (Å²) in [5, 5.41) is 5.51. The van der Waals surface area contributed by atoms with Gasteiger partial charge in [0.2, 0.25) is 5.91 Å². The summed E-state index contributed by atoms with van der Waals surface area (Å²) in [6.07, 6.45) is 1.79. The zero-order valence-electron chi connectivity index (χ0n) is 18.7. The smallest absolute Gasteiger partial charge is 0.254 e. The van der Waals surface area contributed by atoms with Crippen molar-refractivity contribution in [3.05, 3.63) is 82.1 Å². The first-order valence-electron chi connectivity index (χ1n) is 10.6. The van der Waals surface area contributed by atoms with Gasteiger partial charge in [-0.05, 0) is 44.2 Å². The van der Waals surface area contributed by atoms with Gasteiger partial charge in [0.25, 0.3) is 5.91 Å². The molecule has 168 valence electrons. The molecule has 2 amide bonds. The summed E-state index contributed by atoms with van der Waals surface area (Å²) in [7, 11) is 1.75. The quantitative estimate of drug-likeness (QED) is 0.459. The zero-order chi connectivity index (χ0) is 23.7. The predicted molar refractivity (Wildman–Crippen MR) is 129 cm³/mol. The second kappa shape index (κ2) is 9.03. The monoisotopic (exact) mass is 461 g/mol. The highest BCUT2D eigenvalue weighted by Crippen LogP contribution is 2.30. The van der Waals surface area contributed by atoms with Crippen molar-refractivity contribution in [1.82, 2.24) is 19.7 Å². The van der Waals surface area contributed by atoms with Crippen LogP contribution in [0.5, 0.6) is 0 Å². The highest BCUT2D eigenvalue weighted by molar-refractivity contribution is 6.31. The molecule has 0 bridgehead atoms. The van der Waals surface area contributed by atoms with Gasteiger partial charge in [0.05, 0.1) is 23.0 Å². The van der Waals surface area contributed by atoms with Gasteiger partial charge in [-0.1, -0.05) is 29.8 Å². The first-order valence-corrected chi connectivity index (χ1v) is 10.9. The van der Waals surface area contributed by atoms with Crippen molar-refractivity contribution in [3.8, 4) is 11.3 Å². The van der Waals surface area contributed by atoms with Gasteiger partial charge in [0.15, 0.2) is 0 Å². The number of hydrogen-bond acceptors (Lipinski definition) is 4. The van der Waals surface area contributed by atoms with Crippen LogP contribution >= 0.6 is 11.6 Å². The lowest BCUT2D eigenvalue weighted by atomic mass is 9.99. The molecule has 0 aliphatic heterocycles. The standard InChI is InChI=1S/C25H24ClN5O2/c1-4-31-15(2)16(13-28-31)14-30(3)25(33)21-12-23(18-7-5-6-8-19(18)24(27)32)29-22-10-9-17(26)11-20(21)22/h5-13H,4,14H2,1-3H3,(H2,27,32). The fourth-order valence-electron chi connectivity index (χ4n) is 3.93. The van der Waals surface area contributed by atoms with Crippen molar-refractivity contribution in [1.29, 1.82) is 0 Å². The van der Waals surface area contributed by atoms with Gasteiger partial charge in [-0.2, -0.15) is 5.10 Å². The molecule has 2 heterocycles. The molecule has 0 aliphatic rings. The topological polar surface area (TPSA) is 94.1 Å². The lowest BCUT2D eigenvalue weighted by molar-refractivity contribution is 0.0786. The molecule has 7 nitrogen and oxygen atoms in total. The third kappa shape index (κ3) is 4.32. The molecule has 8 heteroatoms. The number of carbonyl (C=O) groups is 2. The van der Waals surface area contributed by atoms with Crippen LogP contribution in [0.25, 0.3) is 22.2 Å². The molecular formula is C25H24ClN5O2. The van der Waals surface area contributed by atoms with E-state index < -0.39 is 5.91 Å². The lowest BCUT2D eigenvalue weighted by Crippen LogP contribution is -2.27. The van der Waals surface area contributed by atoms with E-state index in [1.165, 1.54) is 0 Å². The van der Waals surface area contributed by atoms with Gasteiger partial charge in [0, 0.05) is 52.9 Å². The Kier molecular flexibility index (Phi) is 6.16. The number of aromatic nitrogens is 3. The molecule has 0 spiro atoms. The Balaban J connectivity index is 1.82. The van der Waals surface area contributed by atoms with E-state index in [4.69, 9.17) is 22.3 Å². The third-order valence-corrected chi connectivity index (χ3v) is 5.96. The van der Waals surface area contributed by atoms with Crippen molar-refractivity contribution in [2.75, 3.05) is 7.05 Å². The maximum Gasteiger partial charge on any atom is 0.254 e. The van der Waals surface area contributed by atoms with Crippen LogP contribution in [0.1, 0.15) is 38.9 Å². The number of carbonyl (C=O) groups excluding carboxylic acids is 2. The van der Waals surface area contributed by atoms with Crippen LogP contribution in [0.2, 0.25) is 5.02 Å². The summed E-state index contributed by atoms with van der Waals surface area (Å²) in [4.78, 5) is 31.9. The minimum atomic E-state index is -0.558. The predicted octanol–water partition coefficient (Wildman–Crippen LogP) is 4.45. The Hall–Kier alpha value is -3.71. The molecule has 0 saturated carbocycles. The van der Waals surface area contributed by atoms with E-state index in [9.17, 15) is 9.59 Å². The summed E-state index contributed by atoms with van der Waals surface area (Å²) >= 11 is 6.24. The van der Waals surface area contributed by atoms with E-state index in [1.807, 2.05) is 18.5 Å². The van der Waals surface area contributed by atoms with E-state index in [0.717, 1.165) is 17.8 Å². The number of primary amides is 1. The van der Waals surface area contributed by atoms with E-state index in [1.54, 1.807) is 66.7 Å². The van der Waals surface area contributed by atoms with E-state index in [2.05, 4.69) is 5.10 Å². The van der Waals surface area contributed by atoms with Crippen LogP contribution in [0.4, 0.5) is 0 Å². The number of nitrogens with zero attached hydrogens (tertiary/aromatic N) is 4. The molecule has 0 radical (unpaired) electrons.